The topological polar surface area (TPSA) is 0 Å². The Morgan fingerprint density at radius 1 is 1.38 bits per heavy atom. The second-order valence-electron chi connectivity index (χ2n) is 2.85. The van der Waals surface area contributed by atoms with Crippen LogP contribution in [0.4, 0.5) is 0 Å². The molecule has 1 aliphatic rings. The molecule has 0 heterocycles. The maximum atomic E-state index is 2.36. The van der Waals surface area contributed by atoms with Crippen molar-refractivity contribution in [1.29, 1.82) is 0 Å². The van der Waals surface area contributed by atoms with Gasteiger partial charge in [0.25, 0.3) is 0 Å². The lowest BCUT2D eigenvalue weighted by molar-refractivity contribution is 0.233. The summed E-state index contributed by atoms with van der Waals surface area (Å²) in [6.45, 7) is 4.70. The molecule has 0 radical (unpaired) electrons. The van der Waals surface area contributed by atoms with E-state index in [-0.39, 0.29) is 0 Å². The molecule has 0 bridgehead atoms. The summed E-state index contributed by atoms with van der Waals surface area (Å²) in [4.78, 5) is 0. The zero-order valence-corrected chi connectivity index (χ0v) is 6.66. The van der Waals surface area contributed by atoms with E-state index < -0.39 is 0 Å². The Morgan fingerprint density at radius 2 is 2.00 bits per heavy atom. The van der Waals surface area contributed by atoms with E-state index in [2.05, 4.69) is 20.1 Å². The molecule has 48 valence electrons. The van der Waals surface area contributed by atoms with Crippen LogP contribution in [0.25, 0.3) is 0 Å². The van der Waals surface area contributed by atoms with Gasteiger partial charge in [-0.05, 0) is 24.5 Å². The Balaban J connectivity index is 2.25. The van der Waals surface area contributed by atoms with E-state index in [0.29, 0.717) is 0 Å². The standard InChI is InChI=1S/C7H14S/c1-5-4-7(8-3)6(5)2/h5-7H,4H2,1-3H3. The average molecular weight is 130 g/mol. The first-order valence-corrected chi connectivity index (χ1v) is 4.57. The number of thioether (sulfide) groups is 1. The first kappa shape index (κ1) is 6.47. The van der Waals surface area contributed by atoms with Crippen molar-refractivity contribution in [2.45, 2.75) is 25.5 Å². The average Bonchev–Trinajstić information content (AvgIpc) is 1.81. The van der Waals surface area contributed by atoms with Crippen LogP contribution in [-0.2, 0) is 0 Å². The van der Waals surface area contributed by atoms with Gasteiger partial charge in [0, 0.05) is 5.25 Å². The molecule has 1 aliphatic carbocycles. The quantitative estimate of drug-likeness (QED) is 0.525. The molecule has 3 unspecified atom stereocenters. The van der Waals surface area contributed by atoms with Crippen molar-refractivity contribution in [3.05, 3.63) is 0 Å². The summed E-state index contributed by atoms with van der Waals surface area (Å²) in [5.41, 5.74) is 0. The van der Waals surface area contributed by atoms with Crippen LogP contribution in [-0.4, -0.2) is 11.5 Å². The van der Waals surface area contributed by atoms with Gasteiger partial charge in [-0.2, -0.15) is 11.8 Å². The van der Waals surface area contributed by atoms with Crippen LogP contribution in [0.5, 0.6) is 0 Å². The van der Waals surface area contributed by atoms with Gasteiger partial charge in [0.15, 0.2) is 0 Å². The van der Waals surface area contributed by atoms with Crippen molar-refractivity contribution in [1.82, 2.24) is 0 Å². The van der Waals surface area contributed by atoms with E-state index in [1.165, 1.54) is 6.42 Å². The fourth-order valence-electron chi connectivity index (χ4n) is 1.28. The summed E-state index contributed by atoms with van der Waals surface area (Å²) >= 11 is 2.02. The molecule has 0 amide bonds. The number of rotatable bonds is 1. The lowest BCUT2D eigenvalue weighted by atomic mass is 9.76. The second-order valence-corrected chi connectivity index (χ2v) is 3.92. The Kier molecular flexibility index (Phi) is 1.86. The molecule has 8 heavy (non-hydrogen) atoms. The molecule has 0 nitrogen and oxygen atoms in total. The van der Waals surface area contributed by atoms with E-state index in [9.17, 15) is 0 Å². The fraction of sp³-hybridized carbons (Fsp3) is 1.00. The highest BCUT2D eigenvalue weighted by molar-refractivity contribution is 7.99. The van der Waals surface area contributed by atoms with Gasteiger partial charge in [-0.15, -0.1) is 0 Å². The molecule has 1 rings (SSSR count). The van der Waals surface area contributed by atoms with Crippen LogP contribution in [0.2, 0.25) is 0 Å². The Bertz CT molecular complexity index is 80.5. The predicted molar refractivity (Wildman–Crippen MR) is 40.2 cm³/mol. The number of hydrogen-bond donors (Lipinski definition) is 0. The van der Waals surface area contributed by atoms with Crippen LogP contribution in [0.1, 0.15) is 20.3 Å². The minimum atomic E-state index is 0.977. The summed E-state index contributed by atoms with van der Waals surface area (Å²) in [7, 11) is 0. The van der Waals surface area contributed by atoms with Gasteiger partial charge < -0.3 is 0 Å². The molecule has 0 N–H and O–H groups in total. The van der Waals surface area contributed by atoms with Gasteiger partial charge in [0.2, 0.25) is 0 Å². The molecular weight excluding hydrogens is 116 g/mol. The summed E-state index contributed by atoms with van der Waals surface area (Å²) in [6.07, 6.45) is 3.66. The Labute approximate surface area is 56.0 Å². The maximum Gasteiger partial charge on any atom is 0.00751 e. The fourth-order valence-corrected chi connectivity index (χ4v) is 2.47. The molecule has 0 saturated heterocycles. The zero-order chi connectivity index (χ0) is 6.15. The van der Waals surface area contributed by atoms with E-state index in [4.69, 9.17) is 0 Å². The summed E-state index contributed by atoms with van der Waals surface area (Å²) < 4.78 is 0. The lowest BCUT2D eigenvalue weighted by Crippen LogP contribution is -2.34. The normalized spacial score (nSPS) is 46.1. The van der Waals surface area contributed by atoms with E-state index >= 15 is 0 Å². The summed E-state index contributed by atoms with van der Waals surface area (Å²) in [5.74, 6) is 1.97. The third kappa shape index (κ3) is 0.883. The van der Waals surface area contributed by atoms with Crippen LogP contribution < -0.4 is 0 Å². The Hall–Kier alpha value is 0.350. The van der Waals surface area contributed by atoms with Crippen LogP contribution in [0.3, 0.4) is 0 Å². The first-order valence-electron chi connectivity index (χ1n) is 3.28. The molecule has 0 aromatic heterocycles. The third-order valence-corrected chi connectivity index (χ3v) is 3.62. The molecule has 1 saturated carbocycles. The van der Waals surface area contributed by atoms with E-state index in [1.54, 1.807) is 0 Å². The van der Waals surface area contributed by atoms with Crippen molar-refractivity contribution < 1.29 is 0 Å². The van der Waals surface area contributed by atoms with Crippen LogP contribution >= 0.6 is 11.8 Å². The molecule has 0 spiro atoms. The highest BCUT2D eigenvalue weighted by Crippen LogP contribution is 2.40. The van der Waals surface area contributed by atoms with Crippen LogP contribution in [0, 0.1) is 11.8 Å². The molecule has 1 fully saturated rings. The van der Waals surface area contributed by atoms with E-state index in [0.717, 1.165) is 17.1 Å². The molecule has 3 atom stereocenters. The molecule has 0 aromatic rings. The molecule has 1 heteroatoms. The van der Waals surface area contributed by atoms with Crippen LogP contribution in [0.15, 0.2) is 0 Å². The van der Waals surface area contributed by atoms with Gasteiger partial charge in [-0.3, -0.25) is 0 Å². The zero-order valence-electron chi connectivity index (χ0n) is 5.85. The molecule has 0 aliphatic heterocycles. The summed E-state index contributed by atoms with van der Waals surface area (Å²) in [5, 5.41) is 0.977. The molecular formula is C7H14S. The SMILES string of the molecule is CSC1CC(C)C1C. The predicted octanol–water partition coefficient (Wildman–Crippen LogP) is 2.39. The monoisotopic (exact) mass is 130 g/mol. The largest absolute Gasteiger partial charge is 0.162 e. The number of hydrogen-bond acceptors (Lipinski definition) is 1. The first-order chi connectivity index (χ1) is 3.75. The van der Waals surface area contributed by atoms with E-state index in [1.807, 2.05) is 11.8 Å². The maximum absolute atomic E-state index is 2.36. The lowest BCUT2D eigenvalue weighted by Gasteiger charge is -2.39. The van der Waals surface area contributed by atoms with Crippen molar-refractivity contribution in [2.75, 3.05) is 6.26 Å². The third-order valence-electron chi connectivity index (χ3n) is 2.39. The minimum Gasteiger partial charge on any atom is -0.162 e. The van der Waals surface area contributed by atoms with Crippen molar-refractivity contribution in [3.8, 4) is 0 Å². The molecule has 0 aromatic carbocycles. The minimum absolute atomic E-state index is 0.977. The smallest absolute Gasteiger partial charge is 0.00751 e. The van der Waals surface area contributed by atoms with Gasteiger partial charge in [0.1, 0.15) is 0 Å². The van der Waals surface area contributed by atoms with Gasteiger partial charge in [0.05, 0.1) is 0 Å². The van der Waals surface area contributed by atoms with Gasteiger partial charge in [-0.1, -0.05) is 13.8 Å². The van der Waals surface area contributed by atoms with Gasteiger partial charge >= 0.3 is 0 Å². The Morgan fingerprint density at radius 3 is 2.12 bits per heavy atom. The van der Waals surface area contributed by atoms with Gasteiger partial charge in [-0.25, -0.2) is 0 Å². The summed E-state index contributed by atoms with van der Waals surface area (Å²) in [6, 6.07) is 0. The van der Waals surface area contributed by atoms with Crippen molar-refractivity contribution in [2.24, 2.45) is 11.8 Å². The highest BCUT2D eigenvalue weighted by atomic mass is 32.2. The second kappa shape index (κ2) is 2.30. The van der Waals surface area contributed by atoms with Crippen molar-refractivity contribution in [3.63, 3.8) is 0 Å². The van der Waals surface area contributed by atoms with Crippen molar-refractivity contribution >= 4 is 11.8 Å². The highest BCUT2D eigenvalue weighted by Gasteiger charge is 2.32.